The first kappa shape index (κ1) is 15.5. The summed E-state index contributed by atoms with van der Waals surface area (Å²) in [6.45, 7) is 4.99. The van der Waals surface area contributed by atoms with Crippen LogP contribution in [-0.4, -0.2) is 13.7 Å². The molecule has 0 spiro atoms. The molecule has 0 amide bonds. The molecule has 2 aromatic carbocycles. The molecule has 1 N–H and O–H groups in total. The molecular weight excluding hydrogens is 265 g/mol. The first-order valence-electron chi connectivity index (χ1n) is 7.29. The van der Waals surface area contributed by atoms with Crippen molar-refractivity contribution in [1.29, 1.82) is 0 Å². The van der Waals surface area contributed by atoms with Gasteiger partial charge in [0.15, 0.2) is 0 Å². The van der Waals surface area contributed by atoms with Crippen molar-refractivity contribution in [2.45, 2.75) is 26.3 Å². The Labute approximate surface area is 126 Å². The molecule has 3 heteroatoms. The molecule has 2 aromatic rings. The number of methoxy groups -OCH3 is 1. The van der Waals surface area contributed by atoms with E-state index in [1.165, 1.54) is 11.6 Å². The van der Waals surface area contributed by atoms with Crippen molar-refractivity contribution in [3.63, 3.8) is 0 Å². The highest BCUT2D eigenvalue weighted by Crippen LogP contribution is 2.27. The number of nitrogens with one attached hydrogen (secondary N) is 1. The zero-order valence-corrected chi connectivity index (χ0v) is 12.8. The molecule has 2 nitrogen and oxygen atoms in total. The molecule has 1 atom stereocenters. The molecule has 1 unspecified atom stereocenters. The van der Waals surface area contributed by atoms with E-state index >= 15 is 0 Å². The highest BCUT2D eigenvalue weighted by Gasteiger charge is 2.17. The van der Waals surface area contributed by atoms with Crippen LogP contribution in [0.3, 0.4) is 0 Å². The van der Waals surface area contributed by atoms with Gasteiger partial charge in [0, 0.05) is 11.6 Å². The van der Waals surface area contributed by atoms with Crippen LogP contribution >= 0.6 is 0 Å². The monoisotopic (exact) mass is 287 g/mol. The number of rotatable bonds is 6. The molecule has 0 heterocycles. The Hall–Kier alpha value is -1.87. The van der Waals surface area contributed by atoms with Gasteiger partial charge >= 0.3 is 0 Å². The van der Waals surface area contributed by atoms with E-state index in [-0.39, 0.29) is 11.9 Å². The van der Waals surface area contributed by atoms with E-state index in [0.717, 1.165) is 18.5 Å². The van der Waals surface area contributed by atoms with Crippen LogP contribution in [0.2, 0.25) is 0 Å². The Kier molecular flexibility index (Phi) is 5.34. The van der Waals surface area contributed by atoms with Crippen LogP contribution in [0.15, 0.2) is 42.5 Å². The van der Waals surface area contributed by atoms with Crippen molar-refractivity contribution in [2.24, 2.45) is 0 Å². The largest absolute Gasteiger partial charge is 0.497 e. The number of aryl methyl sites for hydroxylation is 1. The van der Waals surface area contributed by atoms with Crippen molar-refractivity contribution in [3.05, 3.63) is 65.0 Å². The van der Waals surface area contributed by atoms with Crippen LogP contribution in [0.4, 0.5) is 4.39 Å². The average molecular weight is 287 g/mol. The van der Waals surface area contributed by atoms with Gasteiger partial charge in [-0.15, -0.1) is 0 Å². The highest BCUT2D eigenvalue weighted by molar-refractivity contribution is 5.38. The zero-order chi connectivity index (χ0) is 15.2. The topological polar surface area (TPSA) is 21.3 Å². The van der Waals surface area contributed by atoms with Gasteiger partial charge in [-0.3, -0.25) is 0 Å². The maximum absolute atomic E-state index is 14.4. The van der Waals surface area contributed by atoms with E-state index in [1.54, 1.807) is 19.2 Å². The van der Waals surface area contributed by atoms with Crippen LogP contribution < -0.4 is 10.1 Å². The second-order valence-electron chi connectivity index (χ2n) is 5.19. The predicted molar refractivity (Wildman–Crippen MR) is 84.3 cm³/mol. The van der Waals surface area contributed by atoms with Gasteiger partial charge in [0.1, 0.15) is 11.6 Å². The van der Waals surface area contributed by atoms with Crippen LogP contribution in [-0.2, 0) is 0 Å². The summed E-state index contributed by atoms with van der Waals surface area (Å²) in [6.07, 6.45) is 1.00. The molecular formula is C18H22FNO. The van der Waals surface area contributed by atoms with Crippen LogP contribution in [0.25, 0.3) is 0 Å². The summed E-state index contributed by atoms with van der Waals surface area (Å²) in [5, 5.41) is 3.43. The van der Waals surface area contributed by atoms with E-state index in [0.29, 0.717) is 11.3 Å². The first-order valence-corrected chi connectivity index (χ1v) is 7.29. The van der Waals surface area contributed by atoms with Crippen LogP contribution in [0.5, 0.6) is 5.75 Å². The molecule has 0 aromatic heterocycles. The predicted octanol–water partition coefficient (Wildman–Crippen LogP) is 4.23. The Balaban J connectivity index is 2.40. The number of hydrogen-bond acceptors (Lipinski definition) is 2. The molecule has 112 valence electrons. The van der Waals surface area contributed by atoms with Crippen molar-refractivity contribution < 1.29 is 9.13 Å². The van der Waals surface area contributed by atoms with E-state index in [9.17, 15) is 4.39 Å². The van der Waals surface area contributed by atoms with Crippen LogP contribution in [0.1, 0.15) is 36.1 Å². The second kappa shape index (κ2) is 7.23. The van der Waals surface area contributed by atoms with E-state index < -0.39 is 0 Å². The van der Waals surface area contributed by atoms with E-state index in [1.807, 2.05) is 25.1 Å². The summed E-state index contributed by atoms with van der Waals surface area (Å²) in [5.74, 6) is 0.291. The number of benzene rings is 2. The lowest BCUT2D eigenvalue weighted by Gasteiger charge is -2.21. The molecule has 0 saturated heterocycles. The molecule has 0 aliphatic rings. The summed E-state index contributed by atoms with van der Waals surface area (Å²) in [5.41, 5.74) is 2.90. The molecule has 0 aliphatic heterocycles. The number of ether oxygens (including phenoxy) is 1. The SMILES string of the molecule is CCCNC(c1cccc(C)c1)c1ccc(OC)cc1F. The average Bonchev–Trinajstić information content (AvgIpc) is 2.49. The smallest absolute Gasteiger partial charge is 0.132 e. The van der Waals surface area contributed by atoms with E-state index in [4.69, 9.17) is 4.74 Å². The normalized spacial score (nSPS) is 12.2. The standard InChI is InChI=1S/C18H22FNO/c1-4-10-20-18(14-7-5-6-13(2)11-14)16-9-8-15(21-3)12-17(16)19/h5-9,11-12,18,20H,4,10H2,1-3H3. The Morgan fingerprint density at radius 3 is 2.62 bits per heavy atom. The minimum atomic E-state index is -0.246. The lowest BCUT2D eigenvalue weighted by atomic mass is 9.96. The second-order valence-corrected chi connectivity index (χ2v) is 5.19. The van der Waals surface area contributed by atoms with Crippen molar-refractivity contribution in [3.8, 4) is 5.75 Å². The summed E-state index contributed by atoms with van der Waals surface area (Å²) < 4.78 is 19.5. The van der Waals surface area contributed by atoms with Gasteiger partial charge in [0.05, 0.1) is 13.2 Å². The van der Waals surface area contributed by atoms with Gasteiger partial charge in [-0.05, 0) is 31.5 Å². The summed E-state index contributed by atoms with van der Waals surface area (Å²) in [4.78, 5) is 0. The maximum Gasteiger partial charge on any atom is 0.132 e. The van der Waals surface area contributed by atoms with Gasteiger partial charge in [0.25, 0.3) is 0 Å². The van der Waals surface area contributed by atoms with Crippen molar-refractivity contribution >= 4 is 0 Å². The van der Waals surface area contributed by atoms with Gasteiger partial charge in [-0.1, -0.05) is 42.8 Å². The quantitative estimate of drug-likeness (QED) is 0.858. The summed E-state index contributed by atoms with van der Waals surface area (Å²) >= 11 is 0. The Bertz CT molecular complexity index is 598. The minimum absolute atomic E-state index is 0.143. The molecule has 0 saturated carbocycles. The third kappa shape index (κ3) is 3.82. The molecule has 0 fully saturated rings. The molecule has 0 aliphatic carbocycles. The van der Waals surface area contributed by atoms with E-state index in [2.05, 4.69) is 18.3 Å². The maximum atomic E-state index is 14.4. The zero-order valence-electron chi connectivity index (χ0n) is 12.8. The summed E-state index contributed by atoms with van der Waals surface area (Å²) in [7, 11) is 1.54. The molecule has 0 bridgehead atoms. The van der Waals surface area contributed by atoms with Crippen molar-refractivity contribution in [1.82, 2.24) is 5.32 Å². The Morgan fingerprint density at radius 1 is 1.19 bits per heavy atom. The van der Waals surface area contributed by atoms with Gasteiger partial charge in [0.2, 0.25) is 0 Å². The third-order valence-electron chi connectivity index (χ3n) is 3.49. The molecule has 21 heavy (non-hydrogen) atoms. The van der Waals surface area contributed by atoms with Crippen LogP contribution in [0, 0.1) is 12.7 Å². The lowest BCUT2D eigenvalue weighted by molar-refractivity contribution is 0.410. The van der Waals surface area contributed by atoms with Crippen molar-refractivity contribution in [2.75, 3.05) is 13.7 Å². The molecule has 2 rings (SSSR count). The first-order chi connectivity index (χ1) is 10.2. The number of halogens is 1. The molecule has 0 radical (unpaired) electrons. The lowest BCUT2D eigenvalue weighted by Crippen LogP contribution is -2.24. The fraction of sp³-hybridized carbons (Fsp3) is 0.333. The van der Waals surface area contributed by atoms with Gasteiger partial charge < -0.3 is 10.1 Å². The Morgan fingerprint density at radius 2 is 2.00 bits per heavy atom. The highest BCUT2D eigenvalue weighted by atomic mass is 19.1. The number of hydrogen-bond donors (Lipinski definition) is 1. The summed E-state index contributed by atoms with van der Waals surface area (Å²) in [6, 6.07) is 13.1. The fourth-order valence-corrected chi connectivity index (χ4v) is 2.41. The minimum Gasteiger partial charge on any atom is -0.497 e. The van der Waals surface area contributed by atoms with Gasteiger partial charge in [-0.25, -0.2) is 4.39 Å². The third-order valence-corrected chi connectivity index (χ3v) is 3.49. The van der Waals surface area contributed by atoms with Gasteiger partial charge in [-0.2, -0.15) is 0 Å². The fourth-order valence-electron chi connectivity index (χ4n) is 2.41.